The summed E-state index contributed by atoms with van der Waals surface area (Å²) in [5, 5.41) is 0.449. The molecule has 0 N–H and O–H groups in total. The van der Waals surface area contributed by atoms with Crippen LogP contribution in [0.3, 0.4) is 0 Å². The smallest absolute Gasteiger partial charge is 0.309 e. The Morgan fingerprint density at radius 1 is 1.04 bits per heavy atom. The van der Waals surface area contributed by atoms with Crippen molar-refractivity contribution in [3.05, 3.63) is 34.9 Å². The van der Waals surface area contributed by atoms with Gasteiger partial charge in [-0.05, 0) is 31.4 Å². The molecule has 2 saturated heterocycles. The van der Waals surface area contributed by atoms with Crippen molar-refractivity contribution in [2.45, 2.75) is 37.8 Å². The van der Waals surface area contributed by atoms with Crippen molar-refractivity contribution < 1.29 is 19.1 Å². The van der Waals surface area contributed by atoms with Gasteiger partial charge in [-0.3, -0.25) is 14.4 Å². The van der Waals surface area contributed by atoms with Gasteiger partial charge in [0, 0.05) is 13.1 Å². The number of halogens is 1. The van der Waals surface area contributed by atoms with Crippen molar-refractivity contribution in [3.8, 4) is 0 Å². The summed E-state index contributed by atoms with van der Waals surface area (Å²) in [6, 6.07) is 7.09. The Labute approximate surface area is 163 Å². The lowest BCUT2D eigenvalue weighted by molar-refractivity contribution is -0.152. The Bertz CT molecular complexity index is 783. The monoisotopic (exact) mass is 390 g/mol. The minimum absolute atomic E-state index is 0.0145. The van der Waals surface area contributed by atoms with E-state index < -0.39 is 0 Å². The molecular weight excluding hydrogens is 368 g/mol. The number of likely N-dealkylation sites (tertiary alicyclic amines) is 2. The Hall–Kier alpha value is -2.08. The number of methoxy groups -OCH3 is 1. The number of hydrogen-bond acceptors (Lipinski definition) is 4. The third-order valence-electron chi connectivity index (χ3n) is 6.23. The van der Waals surface area contributed by atoms with Gasteiger partial charge in [0.2, 0.25) is 5.91 Å². The second-order valence-electron chi connectivity index (χ2n) is 7.64. The SMILES string of the molecule is COC(=O)[C@@H]1CCC[C@@H]1C(=O)N1C[C@@H]2C[C@H]1CN2C(=O)c1ccccc1Cl. The van der Waals surface area contributed by atoms with Crippen LogP contribution < -0.4 is 0 Å². The van der Waals surface area contributed by atoms with E-state index >= 15 is 0 Å². The zero-order chi connectivity index (χ0) is 19.1. The lowest BCUT2D eigenvalue weighted by atomic mass is 9.94. The molecule has 27 heavy (non-hydrogen) atoms. The Kier molecular flexibility index (Phi) is 4.84. The van der Waals surface area contributed by atoms with Crippen molar-refractivity contribution >= 4 is 29.4 Å². The van der Waals surface area contributed by atoms with Gasteiger partial charge in [-0.1, -0.05) is 30.2 Å². The number of nitrogens with zero attached hydrogens (tertiary/aromatic N) is 2. The zero-order valence-corrected chi connectivity index (χ0v) is 16.0. The number of carbonyl (C=O) groups excluding carboxylic acids is 3. The summed E-state index contributed by atoms with van der Waals surface area (Å²) in [4.78, 5) is 41.6. The molecule has 2 heterocycles. The maximum absolute atomic E-state index is 13.1. The molecule has 3 aliphatic rings. The Morgan fingerprint density at radius 3 is 2.37 bits per heavy atom. The van der Waals surface area contributed by atoms with Crippen LogP contribution >= 0.6 is 11.6 Å². The second-order valence-corrected chi connectivity index (χ2v) is 8.05. The van der Waals surface area contributed by atoms with E-state index in [-0.39, 0.29) is 41.7 Å². The van der Waals surface area contributed by atoms with Gasteiger partial charge < -0.3 is 14.5 Å². The second kappa shape index (κ2) is 7.15. The largest absolute Gasteiger partial charge is 0.469 e. The molecule has 1 aromatic rings. The highest BCUT2D eigenvalue weighted by molar-refractivity contribution is 6.33. The summed E-state index contributed by atoms with van der Waals surface area (Å²) in [6.07, 6.45) is 3.10. The normalized spacial score (nSPS) is 29.3. The molecule has 0 spiro atoms. The third kappa shape index (κ3) is 3.10. The van der Waals surface area contributed by atoms with E-state index in [1.165, 1.54) is 7.11 Å². The number of carbonyl (C=O) groups is 3. The van der Waals surface area contributed by atoms with Gasteiger partial charge in [-0.15, -0.1) is 0 Å². The van der Waals surface area contributed by atoms with Crippen LogP contribution in [0.25, 0.3) is 0 Å². The highest BCUT2D eigenvalue weighted by Gasteiger charge is 2.50. The topological polar surface area (TPSA) is 66.9 Å². The van der Waals surface area contributed by atoms with Crippen molar-refractivity contribution in [2.75, 3.05) is 20.2 Å². The first-order chi connectivity index (χ1) is 13.0. The maximum Gasteiger partial charge on any atom is 0.309 e. The van der Waals surface area contributed by atoms with Gasteiger partial charge in [0.05, 0.1) is 41.6 Å². The minimum atomic E-state index is -0.331. The Balaban J connectivity index is 1.44. The fourth-order valence-corrected chi connectivity index (χ4v) is 5.09. The number of benzene rings is 1. The van der Waals surface area contributed by atoms with E-state index in [0.717, 1.165) is 19.3 Å². The van der Waals surface area contributed by atoms with Crippen molar-refractivity contribution in [1.29, 1.82) is 0 Å². The van der Waals surface area contributed by atoms with Crippen LogP contribution in [0, 0.1) is 11.8 Å². The van der Waals surface area contributed by atoms with Crippen LogP contribution in [-0.2, 0) is 14.3 Å². The van der Waals surface area contributed by atoms with E-state index in [1.807, 2.05) is 9.80 Å². The molecule has 3 fully saturated rings. The fraction of sp³-hybridized carbons (Fsp3) is 0.550. The molecule has 7 heteroatoms. The molecule has 4 rings (SSSR count). The molecule has 2 amide bonds. The molecule has 0 unspecified atom stereocenters. The number of piperazine rings is 1. The number of fused-ring (bicyclic) bond motifs is 2. The van der Waals surface area contributed by atoms with Gasteiger partial charge in [0.15, 0.2) is 0 Å². The summed E-state index contributed by atoms with van der Waals surface area (Å²) < 4.78 is 4.87. The van der Waals surface area contributed by atoms with Crippen molar-refractivity contribution in [3.63, 3.8) is 0 Å². The lowest BCUT2D eigenvalue weighted by Gasteiger charge is -2.36. The number of hydrogen-bond donors (Lipinski definition) is 0. The first-order valence-corrected chi connectivity index (χ1v) is 9.83. The summed E-state index contributed by atoms with van der Waals surface area (Å²) >= 11 is 6.17. The zero-order valence-electron chi connectivity index (χ0n) is 15.3. The number of amides is 2. The summed E-state index contributed by atoms with van der Waals surface area (Å²) in [7, 11) is 1.37. The van der Waals surface area contributed by atoms with Crippen LogP contribution in [0.15, 0.2) is 24.3 Å². The molecule has 2 bridgehead atoms. The standard InChI is InChI=1S/C20H23ClN2O4/c1-27-20(26)15-7-4-6-14(15)18(24)22-10-13-9-12(22)11-23(13)19(25)16-5-2-3-8-17(16)21/h2-3,5,8,12-15H,4,6-7,9-11H2,1H3/t12-,13-,14-,15+/m0/s1. The highest BCUT2D eigenvalue weighted by atomic mass is 35.5. The molecule has 6 nitrogen and oxygen atoms in total. The van der Waals surface area contributed by atoms with E-state index in [2.05, 4.69) is 0 Å². The van der Waals surface area contributed by atoms with Gasteiger partial charge >= 0.3 is 5.97 Å². The molecule has 0 radical (unpaired) electrons. The van der Waals surface area contributed by atoms with Gasteiger partial charge in [-0.25, -0.2) is 0 Å². The van der Waals surface area contributed by atoms with Crippen LogP contribution in [0.4, 0.5) is 0 Å². The molecule has 1 aromatic carbocycles. The highest BCUT2D eigenvalue weighted by Crippen LogP contribution is 2.39. The average molecular weight is 391 g/mol. The van der Waals surface area contributed by atoms with E-state index in [1.54, 1.807) is 24.3 Å². The number of ether oxygens (including phenoxy) is 1. The predicted molar refractivity (Wildman–Crippen MR) is 99.2 cm³/mol. The van der Waals surface area contributed by atoms with Crippen LogP contribution in [0.5, 0.6) is 0 Å². The van der Waals surface area contributed by atoms with Gasteiger partial charge in [-0.2, -0.15) is 0 Å². The predicted octanol–water partition coefficient (Wildman–Crippen LogP) is 2.35. The molecule has 1 aliphatic carbocycles. The average Bonchev–Trinajstić information content (AvgIpc) is 3.41. The Morgan fingerprint density at radius 2 is 1.70 bits per heavy atom. The molecule has 1 saturated carbocycles. The van der Waals surface area contributed by atoms with Crippen molar-refractivity contribution in [1.82, 2.24) is 9.80 Å². The number of esters is 1. The maximum atomic E-state index is 13.1. The van der Waals surface area contributed by atoms with Crippen LogP contribution in [-0.4, -0.2) is 59.9 Å². The molecule has 144 valence electrons. The first-order valence-electron chi connectivity index (χ1n) is 9.45. The molecule has 0 aromatic heterocycles. The summed E-state index contributed by atoms with van der Waals surface area (Å²) in [6.45, 7) is 1.06. The lowest BCUT2D eigenvalue weighted by Crippen LogP contribution is -2.52. The van der Waals surface area contributed by atoms with Gasteiger partial charge in [0.25, 0.3) is 5.91 Å². The van der Waals surface area contributed by atoms with E-state index in [9.17, 15) is 14.4 Å². The minimum Gasteiger partial charge on any atom is -0.469 e. The summed E-state index contributed by atoms with van der Waals surface area (Å²) in [5.41, 5.74) is 0.506. The third-order valence-corrected chi connectivity index (χ3v) is 6.56. The van der Waals surface area contributed by atoms with Crippen LogP contribution in [0.1, 0.15) is 36.0 Å². The van der Waals surface area contributed by atoms with E-state index in [0.29, 0.717) is 30.1 Å². The van der Waals surface area contributed by atoms with Crippen LogP contribution in [0.2, 0.25) is 5.02 Å². The first kappa shape index (κ1) is 18.3. The fourth-order valence-electron chi connectivity index (χ4n) is 4.88. The molecular formula is C20H23ClN2O4. The molecule has 4 atom stereocenters. The van der Waals surface area contributed by atoms with Crippen molar-refractivity contribution in [2.24, 2.45) is 11.8 Å². The quantitative estimate of drug-likeness (QED) is 0.743. The molecule has 2 aliphatic heterocycles. The number of rotatable bonds is 3. The van der Waals surface area contributed by atoms with Gasteiger partial charge in [0.1, 0.15) is 0 Å². The summed E-state index contributed by atoms with van der Waals surface area (Å²) in [5.74, 6) is -0.938. The van der Waals surface area contributed by atoms with E-state index in [4.69, 9.17) is 16.3 Å².